The first kappa shape index (κ1) is 22.5. The van der Waals surface area contributed by atoms with Gasteiger partial charge in [0.05, 0.1) is 22.7 Å². The van der Waals surface area contributed by atoms with E-state index in [1.165, 1.54) is 30.3 Å². The Hall–Kier alpha value is -3.72. The molecule has 2 aromatic carbocycles. The van der Waals surface area contributed by atoms with Gasteiger partial charge in [0.25, 0.3) is 17.0 Å². The van der Waals surface area contributed by atoms with E-state index in [-0.39, 0.29) is 16.8 Å². The fourth-order valence-electron chi connectivity index (χ4n) is 3.91. The zero-order chi connectivity index (χ0) is 23.7. The van der Waals surface area contributed by atoms with E-state index in [0.717, 1.165) is 0 Å². The lowest BCUT2D eigenvalue weighted by molar-refractivity contribution is -0.764. The maximum atomic E-state index is 13.2. The molecular formula is C24H22N4O4S. The van der Waals surface area contributed by atoms with Crippen LogP contribution < -0.4 is 19.4 Å². The average molecular weight is 463 g/mol. The second kappa shape index (κ2) is 9.03. The molecule has 9 heteroatoms. The Labute approximate surface area is 195 Å². The number of aryl methyl sites for hydroxylation is 1. The molecule has 1 amide bonds. The molecule has 0 saturated heterocycles. The number of para-hydroxylation sites is 2. The van der Waals surface area contributed by atoms with Crippen molar-refractivity contribution >= 4 is 29.3 Å². The molecule has 4 rings (SSSR count). The lowest BCUT2D eigenvalue weighted by Crippen LogP contribution is -2.59. The molecule has 2 heterocycles. The standard InChI is InChI=1S/C24H22N4O4S/c1-5-13-33-24-25-22(31)20-17-10-6-7-12-19(17)27(15(3)29)23(28(20)26-24)18-11-8-9-14(2)21(18)32-16(4)30/h5-12,23H,1,13H2,2-4H3. The van der Waals surface area contributed by atoms with Crippen molar-refractivity contribution < 1.29 is 24.1 Å². The van der Waals surface area contributed by atoms with E-state index >= 15 is 0 Å². The monoisotopic (exact) mass is 462 g/mol. The molecule has 0 fully saturated rings. The number of hydrogen-bond donors (Lipinski definition) is 0. The van der Waals surface area contributed by atoms with Crippen LogP contribution >= 0.6 is 11.8 Å². The minimum atomic E-state index is -0.861. The van der Waals surface area contributed by atoms with Crippen molar-refractivity contribution in [3.63, 3.8) is 0 Å². The third kappa shape index (κ3) is 4.07. The van der Waals surface area contributed by atoms with E-state index in [1.807, 2.05) is 19.1 Å². The zero-order valence-electron chi connectivity index (χ0n) is 18.4. The number of fused-ring (bicyclic) bond motifs is 3. The highest BCUT2D eigenvalue weighted by Crippen LogP contribution is 2.43. The number of thioether (sulfide) groups is 1. The first-order valence-electron chi connectivity index (χ1n) is 10.2. The summed E-state index contributed by atoms with van der Waals surface area (Å²) >= 11 is 1.26. The van der Waals surface area contributed by atoms with Crippen LogP contribution in [0.2, 0.25) is 0 Å². The number of carbonyl (C=O) groups excluding carboxylic acids is 2. The molecule has 8 nitrogen and oxygen atoms in total. The van der Waals surface area contributed by atoms with Crippen molar-refractivity contribution in [2.24, 2.45) is 0 Å². The summed E-state index contributed by atoms with van der Waals surface area (Å²) in [6.07, 6.45) is 0.830. The van der Waals surface area contributed by atoms with Crippen LogP contribution in [0.15, 0.2) is 60.3 Å². The second-order valence-electron chi connectivity index (χ2n) is 7.46. The van der Waals surface area contributed by atoms with Gasteiger partial charge in [0.2, 0.25) is 5.91 Å². The first-order chi connectivity index (χ1) is 15.8. The van der Waals surface area contributed by atoms with Gasteiger partial charge in [-0.15, -0.1) is 6.58 Å². The Kier molecular flexibility index (Phi) is 6.15. The van der Waals surface area contributed by atoms with Gasteiger partial charge in [-0.2, -0.15) is 0 Å². The Morgan fingerprint density at radius 3 is 2.70 bits per heavy atom. The number of benzene rings is 2. The molecule has 1 unspecified atom stereocenters. The van der Waals surface area contributed by atoms with E-state index in [9.17, 15) is 14.7 Å². The lowest BCUT2D eigenvalue weighted by atomic mass is 9.99. The fraction of sp³-hybridized carbons (Fsp3) is 0.208. The SMILES string of the molecule is C=CCSc1nc([O-])c2[n+](n1)C(c1cccc(C)c1OC(C)=O)N(C(C)=O)c1ccccc1-2. The molecule has 0 N–H and O–H groups in total. The van der Waals surface area contributed by atoms with E-state index in [1.54, 1.807) is 41.3 Å². The zero-order valence-corrected chi connectivity index (χ0v) is 19.3. The van der Waals surface area contributed by atoms with Gasteiger partial charge in [0.15, 0.2) is 0 Å². The Morgan fingerprint density at radius 2 is 2.00 bits per heavy atom. The molecule has 0 aliphatic carbocycles. The lowest BCUT2D eigenvalue weighted by Gasteiger charge is -2.33. The molecule has 1 aliphatic heterocycles. The average Bonchev–Trinajstić information content (AvgIpc) is 2.77. The normalized spacial score (nSPS) is 14.3. The van der Waals surface area contributed by atoms with E-state index in [2.05, 4.69) is 16.7 Å². The predicted molar refractivity (Wildman–Crippen MR) is 122 cm³/mol. The molecule has 0 radical (unpaired) electrons. The van der Waals surface area contributed by atoms with Crippen molar-refractivity contribution in [1.29, 1.82) is 0 Å². The third-order valence-corrected chi connectivity index (χ3v) is 5.99. The number of carbonyl (C=O) groups is 2. The minimum Gasteiger partial charge on any atom is -0.854 e. The van der Waals surface area contributed by atoms with Gasteiger partial charge in [0, 0.05) is 24.7 Å². The molecular weight excluding hydrogens is 440 g/mol. The van der Waals surface area contributed by atoms with Crippen molar-refractivity contribution in [3.8, 4) is 22.9 Å². The number of rotatable bonds is 5. The van der Waals surface area contributed by atoms with Crippen molar-refractivity contribution in [2.75, 3.05) is 10.7 Å². The van der Waals surface area contributed by atoms with Gasteiger partial charge in [-0.1, -0.05) is 46.8 Å². The summed E-state index contributed by atoms with van der Waals surface area (Å²) in [6, 6.07) is 12.5. The molecule has 0 saturated carbocycles. The van der Waals surface area contributed by atoms with Crippen molar-refractivity contribution in [2.45, 2.75) is 32.1 Å². The highest BCUT2D eigenvalue weighted by molar-refractivity contribution is 7.99. The maximum Gasteiger partial charge on any atom is 0.308 e. The predicted octanol–water partition coefficient (Wildman–Crippen LogP) is 2.93. The van der Waals surface area contributed by atoms with Gasteiger partial charge in [-0.3, -0.25) is 9.59 Å². The van der Waals surface area contributed by atoms with Crippen LogP contribution in [-0.4, -0.2) is 27.7 Å². The van der Waals surface area contributed by atoms with Gasteiger partial charge in [0.1, 0.15) is 5.75 Å². The topological polar surface area (TPSA) is 99.3 Å². The van der Waals surface area contributed by atoms with Crippen LogP contribution in [0.25, 0.3) is 11.3 Å². The summed E-state index contributed by atoms with van der Waals surface area (Å²) in [7, 11) is 0. The molecule has 1 aromatic heterocycles. The number of anilines is 1. The summed E-state index contributed by atoms with van der Waals surface area (Å²) in [5, 5.41) is 18.1. The minimum absolute atomic E-state index is 0.256. The summed E-state index contributed by atoms with van der Waals surface area (Å²) in [5.74, 6) is -0.369. The van der Waals surface area contributed by atoms with Crippen LogP contribution in [0.5, 0.6) is 11.6 Å². The number of esters is 1. The highest BCUT2D eigenvalue weighted by atomic mass is 32.2. The van der Waals surface area contributed by atoms with E-state index in [4.69, 9.17) is 4.74 Å². The number of hydrogen-bond acceptors (Lipinski definition) is 7. The van der Waals surface area contributed by atoms with Crippen LogP contribution in [-0.2, 0) is 9.59 Å². The van der Waals surface area contributed by atoms with Crippen LogP contribution in [0.4, 0.5) is 5.69 Å². The Morgan fingerprint density at radius 1 is 1.24 bits per heavy atom. The molecule has 168 valence electrons. The summed E-state index contributed by atoms with van der Waals surface area (Å²) in [6.45, 7) is 8.28. The first-order valence-corrected chi connectivity index (χ1v) is 11.2. The number of nitrogens with zero attached hydrogens (tertiary/aromatic N) is 4. The molecule has 3 aromatic rings. The van der Waals surface area contributed by atoms with Gasteiger partial charge in [-0.05, 0) is 30.7 Å². The molecule has 33 heavy (non-hydrogen) atoms. The molecule has 0 bridgehead atoms. The van der Waals surface area contributed by atoms with Crippen LogP contribution in [0, 0.1) is 6.92 Å². The third-order valence-electron chi connectivity index (χ3n) is 5.15. The van der Waals surface area contributed by atoms with Gasteiger partial charge < -0.3 is 9.84 Å². The van der Waals surface area contributed by atoms with Gasteiger partial charge in [-0.25, -0.2) is 9.88 Å². The van der Waals surface area contributed by atoms with Gasteiger partial charge >= 0.3 is 5.97 Å². The van der Waals surface area contributed by atoms with E-state index in [0.29, 0.717) is 33.9 Å². The van der Waals surface area contributed by atoms with Crippen molar-refractivity contribution in [1.82, 2.24) is 10.1 Å². The largest absolute Gasteiger partial charge is 0.854 e. The summed E-state index contributed by atoms with van der Waals surface area (Å²) in [4.78, 5) is 30.6. The fourth-order valence-corrected chi connectivity index (χ4v) is 4.47. The van der Waals surface area contributed by atoms with Crippen LogP contribution in [0.3, 0.4) is 0 Å². The quantitative estimate of drug-likeness (QED) is 0.189. The second-order valence-corrected chi connectivity index (χ2v) is 8.45. The number of ether oxygens (including phenoxy) is 1. The Bertz CT molecular complexity index is 1280. The molecule has 1 aliphatic rings. The smallest absolute Gasteiger partial charge is 0.308 e. The number of aromatic nitrogens is 3. The molecule has 1 atom stereocenters. The van der Waals surface area contributed by atoms with Crippen LogP contribution in [0.1, 0.15) is 31.1 Å². The summed E-state index contributed by atoms with van der Waals surface area (Å²) < 4.78 is 7.06. The highest BCUT2D eigenvalue weighted by Gasteiger charge is 2.45. The molecule has 0 spiro atoms. The maximum absolute atomic E-state index is 13.2. The van der Waals surface area contributed by atoms with E-state index < -0.39 is 18.0 Å². The summed E-state index contributed by atoms with van der Waals surface area (Å²) in [5.41, 5.74) is 2.60. The van der Waals surface area contributed by atoms with Crippen molar-refractivity contribution in [3.05, 3.63) is 66.2 Å². The Balaban J connectivity index is 2.06. The number of amides is 1.